The van der Waals surface area contributed by atoms with Crippen molar-refractivity contribution >= 4 is 5.91 Å². The smallest absolute Gasteiger partial charge is 0.221 e. The summed E-state index contributed by atoms with van der Waals surface area (Å²) in [7, 11) is 0. The van der Waals surface area contributed by atoms with E-state index in [2.05, 4.69) is 20.6 Å². The van der Waals surface area contributed by atoms with E-state index in [0.29, 0.717) is 25.6 Å². The van der Waals surface area contributed by atoms with Crippen molar-refractivity contribution in [3.8, 4) is 0 Å². The number of carbonyl (C=O) groups excluding carboxylic acids is 1. The number of hydrogen-bond acceptors (Lipinski definition) is 4. The highest BCUT2D eigenvalue weighted by molar-refractivity contribution is 5.76. The Morgan fingerprint density at radius 2 is 2.38 bits per heavy atom. The molecule has 2 rings (SSSR count). The molecule has 16 heavy (non-hydrogen) atoms. The zero-order chi connectivity index (χ0) is 11.2. The summed E-state index contributed by atoms with van der Waals surface area (Å²) < 4.78 is 0. The lowest BCUT2D eigenvalue weighted by Gasteiger charge is -2.04. The standard InChI is InChI=1S/C11H16N4O/c16-11(15-9-1-2-9)4-6-12-7-10-3-5-13-8-14-10/h3,5,8-9,12H,1-2,4,6-7H2,(H,15,16). The van der Waals surface area contributed by atoms with Crippen LogP contribution in [0.15, 0.2) is 18.6 Å². The Labute approximate surface area is 94.7 Å². The second kappa shape index (κ2) is 5.55. The molecule has 1 fully saturated rings. The lowest BCUT2D eigenvalue weighted by Crippen LogP contribution is -2.29. The molecule has 1 aliphatic carbocycles. The van der Waals surface area contributed by atoms with E-state index in [-0.39, 0.29) is 5.91 Å². The molecule has 5 heteroatoms. The summed E-state index contributed by atoms with van der Waals surface area (Å²) in [6, 6.07) is 2.31. The van der Waals surface area contributed by atoms with Crippen LogP contribution in [-0.4, -0.2) is 28.5 Å². The lowest BCUT2D eigenvalue weighted by molar-refractivity contribution is -0.121. The molecule has 1 aliphatic rings. The SMILES string of the molecule is O=C(CCNCc1ccncn1)NC1CC1. The van der Waals surface area contributed by atoms with Gasteiger partial charge >= 0.3 is 0 Å². The number of nitrogens with zero attached hydrogens (tertiary/aromatic N) is 2. The molecule has 0 spiro atoms. The summed E-state index contributed by atoms with van der Waals surface area (Å²) in [6.07, 6.45) is 6.04. The molecule has 2 N–H and O–H groups in total. The van der Waals surface area contributed by atoms with E-state index in [1.54, 1.807) is 6.20 Å². The number of nitrogens with one attached hydrogen (secondary N) is 2. The van der Waals surface area contributed by atoms with Gasteiger partial charge in [0.05, 0.1) is 5.69 Å². The fraction of sp³-hybridized carbons (Fsp3) is 0.545. The largest absolute Gasteiger partial charge is 0.353 e. The topological polar surface area (TPSA) is 66.9 Å². The molecule has 0 bridgehead atoms. The second-order valence-corrected chi connectivity index (χ2v) is 3.97. The van der Waals surface area contributed by atoms with Crippen molar-refractivity contribution in [1.29, 1.82) is 0 Å². The van der Waals surface area contributed by atoms with Gasteiger partial charge < -0.3 is 10.6 Å². The summed E-state index contributed by atoms with van der Waals surface area (Å²) >= 11 is 0. The normalized spacial score (nSPS) is 14.8. The van der Waals surface area contributed by atoms with Gasteiger partial charge in [0, 0.05) is 31.7 Å². The monoisotopic (exact) mass is 220 g/mol. The van der Waals surface area contributed by atoms with Crippen LogP contribution in [0.5, 0.6) is 0 Å². The molecule has 1 saturated carbocycles. The summed E-state index contributed by atoms with van der Waals surface area (Å²) in [6.45, 7) is 1.36. The predicted octanol–water partition coefficient (Wildman–Crippen LogP) is 0.235. The Hall–Kier alpha value is -1.49. The van der Waals surface area contributed by atoms with Crippen molar-refractivity contribution in [3.63, 3.8) is 0 Å². The third kappa shape index (κ3) is 3.94. The molecule has 1 amide bonds. The van der Waals surface area contributed by atoms with Gasteiger partial charge in [0.2, 0.25) is 5.91 Å². The van der Waals surface area contributed by atoms with Crippen LogP contribution in [0.4, 0.5) is 0 Å². The lowest BCUT2D eigenvalue weighted by atomic mass is 10.3. The first-order valence-corrected chi connectivity index (χ1v) is 5.59. The van der Waals surface area contributed by atoms with Gasteiger partial charge in [-0.05, 0) is 18.9 Å². The van der Waals surface area contributed by atoms with Crippen LogP contribution >= 0.6 is 0 Å². The Balaban J connectivity index is 1.56. The molecule has 5 nitrogen and oxygen atoms in total. The van der Waals surface area contributed by atoms with Crippen molar-refractivity contribution in [2.45, 2.75) is 31.8 Å². The zero-order valence-corrected chi connectivity index (χ0v) is 9.15. The van der Waals surface area contributed by atoms with E-state index >= 15 is 0 Å². The molecular formula is C11H16N4O. The van der Waals surface area contributed by atoms with Gasteiger partial charge in [0.1, 0.15) is 6.33 Å². The van der Waals surface area contributed by atoms with E-state index in [1.807, 2.05) is 6.07 Å². The van der Waals surface area contributed by atoms with Crippen molar-refractivity contribution in [1.82, 2.24) is 20.6 Å². The molecule has 0 unspecified atom stereocenters. The Bertz CT molecular complexity index is 337. The number of carbonyl (C=O) groups is 1. The van der Waals surface area contributed by atoms with E-state index in [4.69, 9.17) is 0 Å². The molecule has 0 radical (unpaired) electrons. The quantitative estimate of drug-likeness (QED) is 0.674. The third-order valence-electron chi connectivity index (χ3n) is 2.42. The second-order valence-electron chi connectivity index (χ2n) is 3.97. The number of rotatable bonds is 6. The molecule has 0 atom stereocenters. The number of aromatic nitrogens is 2. The highest BCUT2D eigenvalue weighted by atomic mass is 16.1. The van der Waals surface area contributed by atoms with Gasteiger partial charge in [-0.2, -0.15) is 0 Å². The summed E-state index contributed by atoms with van der Waals surface area (Å²) in [5, 5.41) is 6.12. The minimum absolute atomic E-state index is 0.137. The molecule has 0 aliphatic heterocycles. The maximum absolute atomic E-state index is 11.3. The summed E-state index contributed by atoms with van der Waals surface area (Å²) in [5.41, 5.74) is 0.942. The highest BCUT2D eigenvalue weighted by Gasteiger charge is 2.22. The van der Waals surface area contributed by atoms with E-state index in [1.165, 1.54) is 6.33 Å². The maximum atomic E-state index is 11.3. The highest BCUT2D eigenvalue weighted by Crippen LogP contribution is 2.18. The van der Waals surface area contributed by atoms with Crippen LogP contribution < -0.4 is 10.6 Å². The van der Waals surface area contributed by atoms with Gasteiger partial charge in [-0.15, -0.1) is 0 Å². The van der Waals surface area contributed by atoms with Gasteiger partial charge in [-0.25, -0.2) is 9.97 Å². The molecule has 86 valence electrons. The first-order chi connectivity index (χ1) is 7.84. The number of amides is 1. The van der Waals surface area contributed by atoms with Gasteiger partial charge in [-0.1, -0.05) is 0 Å². The van der Waals surface area contributed by atoms with Crippen LogP contribution in [-0.2, 0) is 11.3 Å². The zero-order valence-electron chi connectivity index (χ0n) is 9.15. The van der Waals surface area contributed by atoms with Crippen molar-refractivity contribution < 1.29 is 4.79 Å². The van der Waals surface area contributed by atoms with Crippen molar-refractivity contribution in [2.24, 2.45) is 0 Å². The fourth-order valence-corrected chi connectivity index (χ4v) is 1.37. The third-order valence-corrected chi connectivity index (χ3v) is 2.42. The summed E-state index contributed by atoms with van der Waals surface area (Å²) in [4.78, 5) is 19.2. The average Bonchev–Trinajstić information content (AvgIpc) is 3.10. The molecule has 0 aromatic carbocycles. The van der Waals surface area contributed by atoms with Gasteiger partial charge in [-0.3, -0.25) is 4.79 Å². The first kappa shape index (κ1) is 11.0. The first-order valence-electron chi connectivity index (χ1n) is 5.59. The van der Waals surface area contributed by atoms with Gasteiger partial charge in [0.15, 0.2) is 0 Å². The minimum Gasteiger partial charge on any atom is -0.353 e. The van der Waals surface area contributed by atoms with E-state index in [9.17, 15) is 4.79 Å². The predicted molar refractivity (Wildman–Crippen MR) is 59.5 cm³/mol. The molecule has 1 aromatic heterocycles. The Morgan fingerprint density at radius 3 is 3.06 bits per heavy atom. The Morgan fingerprint density at radius 1 is 1.50 bits per heavy atom. The fourth-order valence-electron chi connectivity index (χ4n) is 1.37. The number of hydrogen-bond donors (Lipinski definition) is 2. The molecular weight excluding hydrogens is 204 g/mol. The molecule has 1 aromatic rings. The van der Waals surface area contributed by atoms with Gasteiger partial charge in [0.25, 0.3) is 0 Å². The van der Waals surface area contributed by atoms with Crippen molar-refractivity contribution in [2.75, 3.05) is 6.54 Å². The maximum Gasteiger partial charge on any atom is 0.221 e. The average molecular weight is 220 g/mol. The summed E-state index contributed by atoms with van der Waals surface area (Å²) in [5.74, 6) is 0.137. The van der Waals surface area contributed by atoms with Crippen LogP contribution in [0.1, 0.15) is 25.0 Å². The Kier molecular flexibility index (Phi) is 3.82. The van der Waals surface area contributed by atoms with E-state index < -0.39 is 0 Å². The van der Waals surface area contributed by atoms with Crippen LogP contribution in [0.25, 0.3) is 0 Å². The van der Waals surface area contributed by atoms with E-state index in [0.717, 1.165) is 18.5 Å². The molecule has 0 saturated heterocycles. The van der Waals surface area contributed by atoms with Crippen LogP contribution in [0.3, 0.4) is 0 Å². The van der Waals surface area contributed by atoms with Crippen LogP contribution in [0, 0.1) is 0 Å². The van der Waals surface area contributed by atoms with Crippen molar-refractivity contribution in [3.05, 3.63) is 24.3 Å². The van der Waals surface area contributed by atoms with Crippen LogP contribution in [0.2, 0.25) is 0 Å². The molecule has 1 heterocycles. The minimum atomic E-state index is 0.137.